The summed E-state index contributed by atoms with van der Waals surface area (Å²) in [4.78, 5) is 0. The predicted octanol–water partition coefficient (Wildman–Crippen LogP) is 3.23. The summed E-state index contributed by atoms with van der Waals surface area (Å²) in [6, 6.07) is 0.428. The average Bonchev–Trinajstić information content (AvgIpc) is 2.39. The summed E-state index contributed by atoms with van der Waals surface area (Å²) in [5, 5.41) is 4.32. The van der Waals surface area contributed by atoms with Gasteiger partial charge in [-0.15, -0.1) is 0 Å². The van der Waals surface area contributed by atoms with Gasteiger partial charge in [-0.1, -0.05) is 33.1 Å². The van der Waals surface area contributed by atoms with E-state index in [2.05, 4.69) is 26.1 Å². The third-order valence-electron chi connectivity index (χ3n) is 3.91. The normalized spacial score (nSPS) is 23.2. The summed E-state index contributed by atoms with van der Waals surface area (Å²) in [5.74, 6) is 0. The molecule has 1 aliphatic rings. The average molecular weight is 259 g/mol. The minimum absolute atomic E-state index is 0.301. The van der Waals surface area contributed by atoms with E-state index in [0.717, 1.165) is 19.4 Å². The molecule has 0 aromatic rings. The standard InChI is InChI=1S/C14H29NOS/c1-4-11-15-14(5-2)12(3)17(16)13-9-7-6-8-10-13/h12-15H,4-11H2,1-3H3. The van der Waals surface area contributed by atoms with Gasteiger partial charge in [-0.25, -0.2) is 0 Å². The molecule has 0 bridgehead atoms. The van der Waals surface area contributed by atoms with Gasteiger partial charge in [-0.3, -0.25) is 4.21 Å². The molecule has 1 saturated carbocycles. The van der Waals surface area contributed by atoms with Crippen molar-refractivity contribution in [3.8, 4) is 0 Å². The van der Waals surface area contributed by atoms with Crippen LogP contribution in [0.1, 0.15) is 65.7 Å². The highest BCUT2D eigenvalue weighted by molar-refractivity contribution is 7.86. The first kappa shape index (κ1) is 15.2. The first-order valence-electron chi connectivity index (χ1n) is 7.33. The first-order chi connectivity index (χ1) is 8.20. The zero-order valence-corrected chi connectivity index (χ0v) is 12.5. The molecule has 0 heterocycles. The third-order valence-corrected chi connectivity index (χ3v) is 6.10. The predicted molar refractivity (Wildman–Crippen MR) is 76.9 cm³/mol. The van der Waals surface area contributed by atoms with E-state index in [1.165, 1.54) is 32.1 Å². The minimum atomic E-state index is -0.647. The van der Waals surface area contributed by atoms with Crippen molar-refractivity contribution in [2.45, 2.75) is 82.3 Å². The molecule has 2 nitrogen and oxygen atoms in total. The van der Waals surface area contributed by atoms with Crippen molar-refractivity contribution in [1.82, 2.24) is 5.32 Å². The van der Waals surface area contributed by atoms with Crippen LogP contribution in [0.2, 0.25) is 0 Å². The summed E-state index contributed by atoms with van der Waals surface area (Å²) in [5.41, 5.74) is 0. The van der Waals surface area contributed by atoms with Crippen LogP contribution in [0.5, 0.6) is 0 Å². The van der Waals surface area contributed by atoms with Gasteiger partial charge < -0.3 is 5.32 Å². The second kappa shape index (κ2) is 8.25. The third kappa shape index (κ3) is 4.70. The van der Waals surface area contributed by atoms with Crippen LogP contribution in [0.15, 0.2) is 0 Å². The molecule has 3 atom stereocenters. The van der Waals surface area contributed by atoms with E-state index in [9.17, 15) is 4.21 Å². The van der Waals surface area contributed by atoms with Gasteiger partial charge >= 0.3 is 0 Å². The zero-order chi connectivity index (χ0) is 12.7. The fourth-order valence-electron chi connectivity index (χ4n) is 2.73. The number of nitrogens with one attached hydrogen (secondary N) is 1. The van der Waals surface area contributed by atoms with E-state index in [4.69, 9.17) is 0 Å². The van der Waals surface area contributed by atoms with Gasteiger partial charge in [0.25, 0.3) is 0 Å². The fraction of sp³-hybridized carbons (Fsp3) is 1.00. The Labute approximate surface area is 109 Å². The molecule has 0 radical (unpaired) electrons. The lowest BCUT2D eigenvalue weighted by molar-refractivity contribution is 0.469. The number of rotatable bonds is 7. The van der Waals surface area contributed by atoms with Crippen LogP contribution in [0.4, 0.5) is 0 Å². The molecule has 1 fully saturated rings. The SMILES string of the molecule is CCCNC(CC)C(C)S(=O)C1CCCCC1. The summed E-state index contributed by atoms with van der Waals surface area (Å²) in [7, 11) is -0.647. The van der Waals surface area contributed by atoms with Crippen molar-refractivity contribution < 1.29 is 4.21 Å². The van der Waals surface area contributed by atoms with Crippen molar-refractivity contribution in [1.29, 1.82) is 0 Å². The monoisotopic (exact) mass is 259 g/mol. The van der Waals surface area contributed by atoms with E-state index in [0.29, 0.717) is 16.5 Å². The molecule has 1 aliphatic carbocycles. The molecule has 3 unspecified atom stereocenters. The van der Waals surface area contributed by atoms with Gasteiger partial charge in [-0.05, 0) is 39.2 Å². The molecule has 17 heavy (non-hydrogen) atoms. The van der Waals surface area contributed by atoms with Crippen LogP contribution < -0.4 is 5.32 Å². The summed E-state index contributed by atoms with van der Waals surface area (Å²) in [6.45, 7) is 7.59. The Hall–Kier alpha value is 0.110. The van der Waals surface area contributed by atoms with E-state index < -0.39 is 10.8 Å². The molecule has 102 valence electrons. The van der Waals surface area contributed by atoms with Crippen molar-refractivity contribution in [2.75, 3.05) is 6.54 Å². The van der Waals surface area contributed by atoms with Gasteiger partial charge in [0.1, 0.15) is 0 Å². The molecule has 0 spiro atoms. The van der Waals surface area contributed by atoms with Gasteiger partial charge in [-0.2, -0.15) is 0 Å². The Kier molecular flexibility index (Phi) is 7.36. The van der Waals surface area contributed by atoms with E-state index in [1.54, 1.807) is 0 Å². The van der Waals surface area contributed by atoms with Crippen LogP contribution in [-0.2, 0) is 10.8 Å². The van der Waals surface area contributed by atoms with Gasteiger partial charge in [0.2, 0.25) is 0 Å². The molecule has 0 aromatic carbocycles. The van der Waals surface area contributed by atoms with E-state index in [-0.39, 0.29) is 0 Å². The second-order valence-corrected chi connectivity index (χ2v) is 7.33. The fourth-order valence-corrected chi connectivity index (χ4v) is 4.75. The smallest absolute Gasteiger partial charge is 0.0475 e. The van der Waals surface area contributed by atoms with E-state index in [1.807, 2.05) is 0 Å². The molecule has 0 aliphatic heterocycles. The molecule has 0 amide bonds. The van der Waals surface area contributed by atoms with Crippen molar-refractivity contribution >= 4 is 10.8 Å². The Morgan fingerprint density at radius 3 is 2.41 bits per heavy atom. The highest BCUT2D eigenvalue weighted by Gasteiger charge is 2.28. The van der Waals surface area contributed by atoms with Crippen molar-refractivity contribution in [3.63, 3.8) is 0 Å². The zero-order valence-electron chi connectivity index (χ0n) is 11.7. The molecule has 0 saturated heterocycles. The molecule has 1 rings (SSSR count). The van der Waals surface area contributed by atoms with Crippen LogP contribution in [0.25, 0.3) is 0 Å². The Balaban J connectivity index is 2.47. The maximum absolute atomic E-state index is 12.5. The topological polar surface area (TPSA) is 29.1 Å². The minimum Gasteiger partial charge on any atom is -0.313 e. The number of hydrogen-bond acceptors (Lipinski definition) is 2. The highest BCUT2D eigenvalue weighted by Crippen LogP contribution is 2.25. The lowest BCUT2D eigenvalue weighted by Gasteiger charge is -2.29. The molecular formula is C14H29NOS. The summed E-state index contributed by atoms with van der Waals surface area (Å²) in [6.07, 6.45) is 8.50. The first-order valence-corrected chi connectivity index (χ1v) is 8.61. The van der Waals surface area contributed by atoms with Crippen LogP contribution in [0, 0.1) is 0 Å². The van der Waals surface area contributed by atoms with E-state index >= 15 is 0 Å². The number of hydrogen-bond donors (Lipinski definition) is 1. The molecule has 1 N–H and O–H groups in total. The largest absolute Gasteiger partial charge is 0.313 e. The van der Waals surface area contributed by atoms with Crippen molar-refractivity contribution in [3.05, 3.63) is 0 Å². The van der Waals surface area contributed by atoms with Gasteiger partial charge in [0.05, 0.1) is 0 Å². The molecular weight excluding hydrogens is 230 g/mol. The Bertz CT molecular complexity index is 226. The van der Waals surface area contributed by atoms with Crippen molar-refractivity contribution in [2.24, 2.45) is 0 Å². The quantitative estimate of drug-likeness (QED) is 0.760. The van der Waals surface area contributed by atoms with Gasteiger partial charge in [0, 0.05) is 27.3 Å². The summed E-state index contributed by atoms with van der Waals surface area (Å²) < 4.78 is 12.5. The van der Waals surface area contributed by atoms with Gasteiger partial charge in [0.15, 0.2) is 0 Å². The maximum Gasteiger partial charge on any atom is 0.0475 e. The second-order valence-electron chi connectivity index (χ2n) is 5.26. The highest BCUT2D eigenvalue weighted by atomic mass is 32.2. The van der Waals surface area contributed by atoms with Crippen LogP contribution in [0.3, 0.4) is 0 Å². The van der Waals surface area contributed by atoms with Crippen LogP contribution in [-0.4, -0.2) is 27.3 Å². The molecule has 0 aromatic heterocycles. The Morgan fingerprint density at radius 1 is 1.24 bits per heavy atom. The summed E-state index contributed by atoms with van der Waals surface area (Å²) >= 11 is 0. The van der Waals surface area contributed by atoms with Crippen LogP contribution >= 0.6 is 0 Å². The molecule has 3 heteroatoms. The maximum atomic E-state index is 12.5. The lowest BCUT2D eigenvalue weighted by atomic mass is 10.0. The lowest BCUT2D eigenvalue weighted by Crippen LogP contribution is -2.43. The Morgan fingerprint density at radius 2 is 1.88 bits per heavy atom.